The average Bonchev–Trinajstić information content (AvgIpc) is 2.61. The van der Waals surface area contributed by atoms with Gasteiger partial charge in [-0.2, -0.15) is 0 Å². The molecule has 0 amide bonds. The van der Waals surface area contributed by atoms with Crippen molar-refractivity contribution in [1.82, 2.24) is 0 Å². The molecular weight excluding hydrogens is 293 g/mol. The highest BCUT2D eigenvalue weighted by Gasteiger charge is 2.19. The molecule has 20 heavy (non-hydrogen) atoms. The van der Waals surface area contributed by atoms with Crippen molar-refractivity contribution in [3.05, 3.63) is 52.0 Å². The third-order valence-electron chi connectivity index (χ3n) is 3.64. The Morgan fingerprint density at radius 2 is 1.80 bits per heavy atom. The highest BCUT2D eigenvalue weighted by atomic mass is 35.5. The summed E-state index contributed by atoms with van der Waals surface area (Å²) in [7, 11) is 0. The fraction of sp³-hybridized carbons (Fsp3) is 0.250. The van der Waals surface area contributed by atoms with Crippen LogP contribution in [-0.4, -0.2) is 11.7 Å². The zero-order valence-electron chi connectivity index (χ0n) is 10.9. The molecule has 0 saturated heterocycles. The molecule has 3 rings (SSSR count). The SMILES string of the molecule is Oc1ccc2c(c1)N(c1ccc(Cl)cc1Cl)CCCC2. The third-order valence-corrected chi connectivity index (χ3v) is 4.18. The van der Waals surface area contributed by atoms with Gasteiger partial charge < -0.3 is 10.0 Å². The van der Waals surface area contributed by atoms with Gasteiger partial charge in [-0.05, 0) is 49.1 Å². The first-order valence-corrected chi connectivity index (χ1v) is 7.45. The van der Waals surface area contributed by atoms with E-state index in [-0.39, 0.29) is 5.75 Å². The number of aryl methyl sites for hydroxylation is 1. The van der Waals surface area contributed by atoms with Crippen molar-refractivity contribution in [3.8, 4) is 5.75 Å². The lowest BCUT2D eigenvalue weighted by Gasteiger charge is -2.26. The molecule has 0 aromatic heterocycles. The maximum Gasteiger partial charge on any atom is 0.117 e. The van der Waals surface area contributed by atoms with Gasteiger partial charge in [0, 0.05) is 23.3 Å². The molecule has 0 radical (unpaired) electrons. The van der Waals surface area contributed by atoms with E-state index in [0.717, 1.165) is 37.2 Å². The molecule has 1 aliphatic heterocycles. The van der Waals surface area contributed by atoms with Crippen molar-refractivity contribution in [2.24, 2.45) is 0 Å². The Balaban J connectivity index is 2.11. The summed E-state index contributed by atoms with van der Waals surface area (Å²) in [5.41, 5.74) is 3.21. The van der Waals surface area contributed by atoms with Crippen molar-refractivity contribution in [2.75, 3.05) is 11.4 Å². The largest absolute Gasteiger partial charge is 0.508 e. The van der Waals surface area contributed by atoms with Crippen molar-refractivity contribution in [3.63, 3.8) is 0 Å². The minimum Gasteiger partial charge on any atom is -0.508 e. The van der Waals surface area contributed by atoms with Crippen molar-refractivity contribution in [2.45, 2.75) is 19.3 Å². The van der Waals surface area contributed by atoms with E-state index in [1.165, 1.54) is 5.56 Å². The molecule has 0 bridgehead atoms. The monoisotopic (exact) mass is 307 g/mol. The number of anilines is 2. The van der Waals surface area contributed by atoms with E-state index in [4.69, 9.17) is 23.2 Å². The topological polar surface area (TPSA) is 23.5 Å². The van der Waals surface area contributed by atoms with E-state index < -0.39 is 0 Å². The number of hydrogen-bond donors (Lipinski definition) is 1. The van der Waals surface area contributed by atoms with E-state index in [0.29, 0.717) is 10.0 Å². The number of aromatic hydroxyl groups is 1. The Hall–Kier alpha value is -1.38. The first kappa shape index (κ1) is 13.6. The predicted octanol–water partition coefficient (Wildman–Crippen LogP) is 5.17. The molecule has 2 aromatic carbocycles. The van der Waals surface area contributed by atoms with E-state index in [1.807, 2.05) is 24.3 Å². The van der Waals surface area contributed by atoms with Crippen molar-refractivity contribution < 1.29 is 5.11 Å². The Morgan fingerprint density at radius 1 is 0.950 bits per heavy atom. The van der Waals surface area contributed by atoms with Crippen LogP contribution < -0.4 is 4.90 Å². The number of benzene rings is 2. The molecule has 2 nitrogen and oxygen atoms in total. The molecule has 2 aromatic rings. The van der Waals surface area contributed by atoms with E-state index in [1.54, 1.807) is 12.1 Å². The second-order valence-electron chi connectivity index (χ2n) is 5.02. The Kier molecular flexibility index (Phi) is 3.77. The number of phenolic OH excluding ortho intramolecular Hbond substituents is 1. The van der Waals surface area contributed by atoms with Gasteiger partial charge in [0.2, 0.25) is 0 Å². The summed E-state index contributed by atoms with van der Waals surface area (Å²) in [5, 5.41) is 11.0. The molecule has 0 saturated carbocycles. The van der Waals surface area contributed by atoms with Crippen LogP contribution in [0, 0.1) is 0 Å². The quantitative estimate of drug-likeness (QED) is 0.785. The van der Waals surface area contributed by atoms with Crippen molar-refractivity contribution >= 4 is 34.6 Å². The van der Waals surface area contributed by atoms with Crippen LogP contribution in [0.2, 0.25) is 10.0 Å². The molecule has 4 heteroatoms. The lowest BCUT2D eigenvalue weighted by atomic mass is 10.1. The fourth-order valence-electron chi connectivity index (χ4n) is 2.67. The van der Waals surface area contributed by atoms with Gasteiger partial charge in [-0.1, -0.05) is 29.3 Å². The summed E-state index contributed by atoms with van der Waals surface area (Å²) < 4.78 is 0. The van der Waals surface area contributed by atoms with Crippen LogP contribution in [-0.2, 0) is 6.42 Å². The zero-order valence-corrected chi connectivity index (χ0v) is 12.5. The minimum absolute atomic E-state index is 0.278. The van der Waals surface area contributed by atoms with E-state index in [2.05, 4.69) is 4.90 Å². The van der Waals surface area contributed by atoms with Gasteiger partial charge in [-0.3, -0.25) is 0 Å². The van der Waals surface area contributed by atoms with E-state index in [9.17, 15) is 5.11 Å². The average molecular weight is 308 g/mol. The maximum atomic E-state index is 9.78. The summed E-state index contributed by atoms with van der Waals surface area (Å²) >= 11 is 12.3. The molecule has 104 valence electrons. The molecule has 0 fully saturated rings. The van der Waals surface area contributed by atoms with Gasteiger partial charge in [-0.25, -0.2) is 0 Å². The van der Waals surface area contributed by atoms with Gasteiger partial charge in [0.05, 0.1) is 10.7 Å². The molecule has 1 aliphatic rings. The second kappa shape index (κ2) is 5.55. The van der Waals surface area contributed by atoms with Crippen LogP contribution in [0.15, 0.2) is 36.4 Å². The lowest BCUT2D eigenvalue weighted by Crippen LogP contribution is -2.18. The zero-order chi connectivity index (χ0) is 14.1. The molecule has 0 spiro atoms. The molecule has 0 aliphatic carbocycles. The first-order chi connectivity index (χ1) is 9.65. The summed E-state index contributed by atoms with van der Waals surface area (Å²) in [6, 6.07) is 11.1. The number of phenols is 1. The van der Waals surface area contributed by atoms with Gasteiger partial charge in [0.1, 0.15) is 5.75 Å². The van der Waals surface area contributed by atoms with Crippen LogP contribution >= 0.6 is 23.2 Å². The highest BCUT2D eigenvalue weighted by Crippen LogP contribution is 2.38. The minimum atomic E-state index is 0.278. The van der Waals surface area contributed by atoms with Gasteiger partial charge in [0.25, 0.3) is 0 Å². The number of fused-ring (bicyclic) bond motifs is 1. The summed E-state index contributed by atoms with van der Waals surface area (Å²) in [6.07, 6.45) is 3.26. The van der Waals surface area contributed by atoms with Crippen LogP contribution in [0.5, 0.6) is 5.75 Å². The molecular formula is C16H15Cl2NO. The number of nitrogens with zero attached hydrogens (tertiary/aromatic N) is 1. The van der Waals surface area contributed by atoms with Gasteiger partial charge in [-0.15, -0.1) is 0 Å². The van der Waals surface area contributed by atoms with E-state index >= 15 is 0 Å². The fourth-order valence-corrected chi connectivity index (χ4v) is 3.18. The molecule has 1 heterocycles. The van der Waals surface area contributed by atoms with Gasteiger partial charge in [0.15, 0.2) is 0 Å². The number of halogens is 2. The highest BCUT2D eigenvalue weighted by molar-refractivity contribution is 6.36. The second-order valence-corrected chi connectivity index (χ2v) is 5.86. The maximum absolute atomic E-state index is 9.78. The third kappa shape index (κ3) is 2.58. The summed E-state index contributed by atoms with van der Waals surface area (Å²) in [4.78, 5) is 2.17. The smallest absolute Gasteiger partial charge is 0.117 e. The van der Waals surface area contributed by atoms with Gasteiger partial charge >= 0.3 is 0 Å². The van der Waals surface area contributed by atoms with Crippen LogP contribution in [0.3, 0.4) is 0 Å². The van der Waals surface area contributed by atoms with Crippen LogP contribution in [0.1, 0.15) is 18.4 Å². The first-order valence-electron chi connectivity index (χ1n) is 6.69. The predicted molar refractivity (Wildman–Crippen MR) is 84.5 cm³/mol. The Bertz CT molecular complexity index is 642. The molecule has 0 unspecified atom stereocenters. The Morgan fingerprint density at radius 3 is 2.60 bits per heavy atom. The Labute approximate surface area is 128 Å². The lowest BCUT2D eigenvalue weighted by molar-refractivity contribution is 0.475. The van der Waals surface area contributed by atoms with Crippen LogP contribution in [0.25, 0.3) is 0 Å². The normalized spacial score (nSPS) is 14.8. The summed E-state index contributed by atoms with van der Waals surface area (Å²) in [6.45, 7) is 0.887. The molecule has 0 atom stereocenters. The number of hydrogen-bond acceptors (Lipinski definition) is 2. The number of rotatable bonds is 1. The van der Waals surface area contributed by atoms with Crippen LogP contribution in [0.4, 0.5) is 11.4 Å². The summed E-state index contributed by atoms with van der Waals surface area (Å²) in [5.74, 6) is 0.278. The molecule has 1 N–H and O–H groups in total. The van der Waals surface area contributed by atoms with Crippen molar-refractivity contribution in [1.29, 1.82) is 0 Å². The standard InChI is InChI=1S/C16H15Cl2NO/c17-12-5-7-15(14(18)9-12)19-8-2-1-3-11-4-6-13(20)10-16(11)19/h4-7,9-10,20H,1-3,8H2.